The van der Waals surface area contributed by atoms with Crippen LogP contribution in [0.5, 0.6) is 0 Å². The number of nitrogen functional groups attached to an aromatic ring is 1. The van der Waals surface area contributed by atoms with Gasteiger partial charge in [-0.25, -0.2) is 0 Å². The van der Waals surface area contributed by atoms with Gasteiger partial charge in [-0.3, -0.25) is 0 Å². The molecule has 2 N–H and O–H groups in total. The molecule has 0 aliphatic heterocycles. The van der Waals surface area contributed by atoms with Gasteiger partial charge in [-0.1, -0.05) is 55.8 Å². The molecule has 15 heavy (non-hydrogen) atoms. The Morgan fingerprint density at radius 3 is 2.67 bits per heavy atom. The third-order valence-corrected chi connectivity index (χ3v) is 3.80. The van der Waals surface area contributed by atoms with E-state index in [1.165, 1.54) is 37.7 Å². The summed E-state index contributed by atoms with van der Waals surface area (Å²) in [5.41, 5.74) is 7.73. The maximum Gasteiger partial charge on any atom is 0.0667 e. The maximum absolute atomic E-state index is 6.19. The summed E-state index contributed by atoms with van der Waals surface area (Å²) in [7, 11) is 0. The molecule has 2 heteroatoms. The minimum atomic E-state index is 0.713. The Bertz CT molecular complexity index is 329. The van der Waals surface area contributed by atoms with Crippen LogP contribution in [0.1, 0.15) is 37.7 Å². The number of benzene rings is 1. The Hall–Kier alpha value is -0.690. The number of hydrogen-bond acceptors (Lipinski definition) is 1. The van der Waals surface area contributed by atoms with Gasteiger partial charge in [0.15, 0.2) is 0 Å². The molecule has 0 saturated heterocycles. The van der Waals surface area contributed by atoms with E-state index in [-0.39, 0.29) is 0 Å². The zero-order chi connectivity index (χ0) is 10.7. The van der Waals surface area contributed by atoms with E-state index in [2.05, 4.69) is 6.07 Å². The highest BCUT2D eigenvalue weighted by atomic mass is 35.5. The molecule has 2 rings (SSSR count). The van der Waals surface area contributed by atoms with Crippen LogP contribution in [-0.2, 0) is 6.42 Å². The molecule has 0 amide bonds. The van der Waals surface area contributed by atoms with E-state index in [0.29, 0.717) is 5.69 Å². The number of halogens is 1. The molecule has 1 aliphatic carbocycles. The quantitative estimate of drug-likeness (QED) is 0.753. The molecule has 0 heterocycles. The smallest absolute Gasteiger partial charge is 0.0667 e. The first-order chi connectivity index (χ1) is 7.27. The number of hydrogen-bond donors (Lipinski definition) is 1. The Morgan fingerprint density at radius 1 is 1.20 bits per heavy atom. The number of rotatable bonds is 2. The lowest BCUT2D eigenvalue weighted by Crippen LogP contribution is -2.09. The summed E-state index contributed by atoms with van der Waals surface area (Å²) < 4.78 is 0. The molecular weight excluding hydrogens is 206 g/mol. The van der Waals surface area contributed by atoms with Gasteiger partial charge in [0, 0.05) is 0 Å². The third kappa shape index (κ3) is 2.66. The van der Waals surface area contributed by atoms with E-state index in [1.54, 1.807) is 0 Å². The minimum Gasteiger partial charge on any atom is -0.398 e. The SMILES string of the molecule is Nc1cccc(CC2CCCCC2)c1Cl. The summed E-state index contributed by atoms with van der Waals surface area (Å²) in [6, 6.07) is 5.97. The number of nitrogens with two attached hydrogens (primary N) is 1. The first-order valence-corrected chi connectivity index (χ1v) is 6.18. The van der Waals surface area contributed by atoms with Crippen molar-refractivity contribution in [2.24, 2.45) is 5.92 Å². The van der Waals surface area contributed by atoms with Gasteiger partial charge in [-0.2, -0.15) is 0 Å². The van der Waals surface area contributed by atoms with Crippen LogP contribution < -0.4 is 5.73 Å². The van der Waals surface area contributed by atoms with Gasteiger partial charge in [0.25, 0.3) is 0 Å². The van der Waals surface area contributed by atoms with Crippen molar-refractivity contribution in [3.63, 3.8) is 0 Å². The summed E-state index contributed by atoms with van der Waals surface area (Å²) >= 11 is 6.19. The molecule has 0 unspecified atom stereocenters. The monoisotopic (exact) mass is 223 g/mol. The van der Waals surface area contributed by atoms with Crippen LogP contribution in [0.2, 0.25) is 5.02 Å². The third-order valence-electron chi connectivity index (χ3n) is 3.34. The van der Waals surface area contributed by atoms with Crippen molar-refractivity contribution in [1.82, 2.24) is 0 Å². The van der Waals surface area contributed by atoms with Gasteiger partial charge in [0.2, 0.25) is 0 Å². The van der Waals surface area contributed by atoms with Crippen molar-refractivity contribution in [2.75, 3.05) is 5.73 Å². The predicted octanol–water partition coefficient (Wildman–Crippen LogP) is 4.05. The second-order valence-corrected chi connectivity index (χ2v) is 4.91. The van der Waals surface area contributed by atoms with Gasteiger partial charge < -0.3 is 5.73 Å². The average molecular weight is 224 g/mol. The molecule has 0 radical (unpaired) electrons. The van der Waals surface area contributed by atoms with Crippen molar-refractivity contribution in [2.45, 2.75) is 38.5 Å². The first kappa shape index (κ1) is 10.8. The highest BCUT2D eigenvalue weighted by molar-refractivity contribution is 6.33. The van der Waals surface area contributed by atoms with Gasteiger partial charge >= 0.3 is 0 Å². The molecule has 1 fully saturated rings. The van der Waals surface area contributed by atoms with Crippen molar-refractivity contribution in [3.05, 3.63) is 28.8 Å². The largest absolute Gasteiger partial charge is 0.398 e. The maximum atomic E-state index is 6.19. The summed E-state index contributed by atoms with van der Waals surface area (Å²) in [4.78, 5) is 0. The van der Waals surface area contributed by atoms with E-state index >= 15 is 0 Å². The summed E-state index contributed by atoms with van der Waals surface area (Å²) in [5, 5.41) is 0.767. The van der Waals surface area contributed by atoms with Crippen LogP contribution in [0.4, 0.5) is 5.69 Å². The Balaban J connectivity index is 2.06. The standard InChI is InChI=1S/C13H18ClN/c14-13-11(7-4-8-12(13)15)9-10-5-2-1-3-6-10/h4,7-8,10H,1-3,5-6,9,15H2. The first-order valence-electron chi connectivity index (χ1n) is 5.80. The van der Waals surface area contributed by atoms with E-state index in [4.69, 9.17) is 17.3 Å². The molecule has 82 valence electrons. The van der Waals surface area contributed by atoms with Gasteiger partial charge in [0.05, 0.1) is 10.7 Å². The lowest BCUT2D eigenvalue weighted by atomic mass is 9.85. The van der Waals surface area contributed by atoms with Crippen molar-refractivity contribution in [1.29, 1.82) is 0 Å². The molecule has 0 bridgehead atoms. The molecule has 0 atom stereocenters. The molecule has 0 spiro atoms. The molecular formula is C13H18ClN. The van der Waals surface area contributed by atoms with Crippen molar-refractivity contribution in [3.8, 4) is 0 Å². The molecule has 1 aromatic rings. The fourth-order valence-electron chi connectivity index (χ4n) is 2.46. The zero-order valence-corrected chi connectivity index (χ0v) is 9.76. The Morgan fingerprint density at radius 2 is 1.93 bits per heavy atom. The molecule has 1 aliphatic rings. The summed E-state index contributed by atoms with van der Waals surface area (Å²) in [6.45, 7) is 0. The van der Waals surface area contributed by atoms with Crippen LogP contribution in [-0.4, -0.2) is 0 Å². The lowest BCUT2D eigenvalue weighted by molar-refractivity contribution is 0.357. The fourth-order valence-corrected chi connectivity index (χ4v) is 2.66. The van der Waals surface area contributed by atoms with Crippen LogP contribution >= 0.6 is 11.6 Å². The van der Waals surface area contributed by atoms with E-state index in [0.717, 1.165) is 17.4 Å². The zero-order valence-electron chi connectivity index (χ0n) is 9.01. The summed E-state index contributed by atoms with van der Waals surface area (Å²) in [5.74, 6) is 0.818. The van der Waals surface area contributed by atoms with Crippen molar-refractivity contribution < 1.29 is 0 Å². The highest BCUT2D eigenvalue weighted by Gasteiger charge is 2.15. The second kappa shape index (κ2) is 4.89. The Kier molecular flexibility index (Phi) is 3.53. The molecule has 1 saturated carbocycles. The van der Waals surface area contributed by atoms with E-state index < -0.39 is 0 Å². The normalized spacial score (nSPS) is 17.9. The topological polar surface area (TPSA) is 26.0 Å². The van der Waals surface area contributed by atoms with E-state index in [9.17, 15) is 0 Å². The molecule has 1 nitrogen and oxygen atoms in total. The van der Waals surface area contributed by atoms with Gasteiger partial charge in [-0.05, 0) is 24.0 Å². The van der Waals surface area contributed by atoms with Crippen LogP contribution in [0.3, 0.4) is 0 Å². The predicted molar refractivity (Wildman–Crippen MR) is 66.1 cm³/mol. The summed E-state index contributed by atoms with van der Waals surface area (Å²) in [6.07, 6.45) is 7.97. The van der Waals surface area contributed by atoms with Crippen LogP contribution in [0, 0.1) is 5.92 Å². The lowest BCUT2D eigenvalue weighted by Gasteiger charge is -2.22. The highest BCUT2D eigenvalue weighted by Crippen LogP contribution is 2.31. The van der Waals surface area contributed by atoms with Gasteiger partial charge in [0.1, 0.15) is 0 Å². The Labute approximate surface area is 96.6 Å². The minimum absolute atomic E-state index is 0.713. The molecule has 0 aromatic heterocycles. The van der Waals surface area contributed by atoms with Crippen LogP contribution in [0.25, 0.3) is 0 Å². The fraction of sp³-hybridized carbons (Fsp3) is 0.538. The van der Waals surface area contributed by atoms with E-state index in [1.807, 2.05) is 12.1 Å². The van der Waals surface area contributed by atoms with Gasteiger partial charge in [-0.15, -0.1) is 0 Å². The molecule has 1 aromatic carbocycles. The van der Waals surface area contributed by atoms with Crippen molar-refractivity contribution >= 4 is 17.3 Å². The number of anilines is 1. The average Bonchev–Trinajstić information content (AvgIpc) is 2.26. The van der Waals surface area contributed by atoms with Crippen LogP contribution in [0.15, 0.2) is 18.2 Å². The second-order valence-electron chi connectivity index (χ2n) is 4.53.